The number of fused-ring (bicyclic) bond motifs is 2. The van der Waals surface area contributed by atoms with Crippen LogP contribution in [0.15, 0.2) is 47.1 Å². The Morgan fingerprint density at radius 1 is 0.852 bits per heavy atom. The molecule has 1 aliphatic heterocycles. The fourth-order valence-corrected chi connectivity index (χ4v) is 3.83. The Morgan fingerprint density at radius 2 is 1.59 bits per heavy atom. The van der Waals surface area contributed by atoms with Gasteiger partial charge >= 0.3 is 0 Å². The van der Waals surface area contributed by atoms with E-state index in [1.807, 2.05) is 36.4 Å². The van der Waals surface area contributed by atoms with E-state index in [1.165, 1.54) is 0 Å². The lowest BCUT2D eigenvalue weighted by Crippen LogP contribution is -2.37. The second-order valence-corrected chi connectivity index (χ2v) is 6.28. The van der Waals surface area contributed by atoms with Crippen molar-refractivity contribution in [2.75, 3.05) is 28.4 Å². The van der Waals surface area contributed by atoms with Gasteiger partial charge in [0.2, 0.25) is 5.75 Å². The second kappa shape index (κ2) is 7.13. The van der Waals surface area contributed by atoms with Gasteiger partial charge in [0.15, 0.2) is 17.4 Å². The number of methoxy groups -OCH3 is 4. The van der Waals surface area contributed by atoms with Gasteiger partial charge in [0.25, 0.3) is 0 Å². The molecule has 27 heavy (non-hydrogen) atoms. The second-order valence-electron chi connectivity index (χ2n) is 6.28. The van der Waals surface area contributed by atoms with Gasteiger partial charge in [0.05, 0.1) is 31.4 Å². The summed E-state index contributed by atoms with van der Waals surface area (Å²) in [4.78, 5) is 0. The highest BCUT2D eigenvalue weighted by Gasteiger charge is 2.44. The Bertz CT molecular complexity index is 933. The quantitative estimate of drug-likeness (QED) is 0.668. The molecule has 0 aliphatic carbocycles. The molecule has 6 nitrogen and oxygen atoms in total. The molecule has 3 atom stereocenters. The summed E-state index contributed by atoms with van der Waals surface area (Å²) in [5.41, 5.74) is 2.31. The Balaban J connectivity index is 2.00. The number of rotatable bonds is 5. The number of furan rings is 1. The fourth-order valence-electron chi connectivity index (χ4n) is 3.83. The molecule has 0 radical (unpaired) electrons. The highest BCUT2D eigenvalue weighted by atomic mass is 16.6. The van der Waals surface area contributed by atoms with Gasteiger partial charge in [-0.05, 0) is 11.6 Å². The Hall–Kier alpha value is -2.70. The molecule has 0 N–H and O–H groups in total. The van der Waals surface area contributed by atoms with Crippen LogP contribution in [0.25, 0.3) is 11.0 Å². The molecule has 0 saturated carbocycles. The van der Waals surface area contributed by atoms with Gasteiger partial charge in [-0.25, -0.2) is 0 Å². The number of hydrogen-bond donors (Lipinski definition) is 0. The van der Waals surface area contributed by atoms with E-state index in [2.05, 4.69) is 0 Å². The molecule has 3 aromatic rings. The zero-order chi connectivity index (χ0) is 19.0. The summed E-state index contributed by atoms with van der Waals surface area (Å²) in [5, 5.41) is 0.798. The van der Waals surface area contributed by atoms with Crippen molar-refractivity contribution >= 4 is 11.0 Å². The van der Waals surface area contributed by atoms with Crippen molar-refractivity contribution < 1.29 is 28.1 Å². The number of ether oxygens (including phenoxy) is 5. The van der Waals surface area contributed by atoms with E-state index < -0.39 is 6.10 Å². The van der Waals surface area contributed by atoms with Crippen LogP contribution in [-0.4, -0.2) is 34.5 Å². The lowest BCUT2D eigenvalue weighted by molar-refractivity contribution is -0.107. The topological polar surface area (TPSA) is 59.3 Å². The molecule has 142 valence electrons. The zero-order valence-electron chi connectivity index (χ0n) is 15.7. The van der Waals surface area contributed by atoms with Crippen molar-refractivity contribution in [3.05, 3.63) is 53.8 Å². The molecule has 0 spiro atoms. The third kappa shape index (κ3) is 2.64. The normalized spacial score (nSPS) is 21.6. The minimum absolute atomic E-state index is 0.368. The van der Waals surface area contributed by atoms with Crippen LogP contribution in [0.2, 0.25) is 0 Å². The molecule has 0 fully saturated rings. The molecule has 2 heterocycles. The summed E-state index contributed by atoms with van der Waals surface area (Å²) in [6.45, 7) is 0. The van der Waals surface area contributed by atoms with Crippen LogP contribution < -0.4 is 14.2 Å². The van der Waals surface area contributed by atoms with Gasteiger partial charge in [-0.1, -0.05) is 30.3 Å². The van der Waals surface area contributed by atoms with Crippen molar-refractivity contribution in [3.63, 3.8) is 0 Å². The van der Waals surface area contributed by atoms with Crippen LogP contribution in [-0.2, 0) is 9.47 Å². The van der Waals surface area contributed by atoms with Crippen LogP contribution in [0, 0.1) is 0 Å². The van der Waals surface area contributed by atoms with Gasteiger partial charge in [-0.3, -0.25) is 0 Å². The van der Waals surface area contributed by atoms with E-state index in [0.717, 1.165) is 16.5 Å². The van der Waals surface area contributed by atoms with E-state index in [0.29, 0.717) is 22.8 Å². The molecule has 1 aromatic heterocycles. The van der Waals surface area contributed by atoms with Crippen LogP contribution in [0.3, 0.4) is 0 Å². The summed E-state index contributed by atoms with van der Waals surface area (Å²) in [7, 11) is 6.52. The van der Waals surface area contributed by atoms with Crippen molar-refractivity contribution in [3.8, 4) is 17.2 Å². The van der Waals surface area contributed by atoms with E-state index >= 15 is 0 Å². The van der Waals surface area contributed by atoms with E-state index in [9.17, 15) is 0 Å². The zero-order valence-corrected chi connectivity index (χ0v) is 15.7. The van der Waals surface area contributed by atoms with Gasteiger partial charge in [-0.2, -0.15) is 0 Å². The third-order valence-electron chi connectivity index (χ3n) is 5.00. The average Bonchev–Trinajstić information content (AvgIpc) is 3.20. The molecule has 0 saturated heterocycles. The molecule has 2 aromatic carbocycles. The smallest absolute Gasteiger partial charge is 0.205 e. The fraction of sp³-hybridized carbons (Fsp3) is 0.333. The Morgan fingerprint density at radius 3 is 2.22 bits per heavy atom. The maximum absolute atomic E-state index is 6.43. The molecule has 0 amide bonds. The summed E-state index contributed by atoms with van der Waals surface area (Å²) >= 11 is 0. The van der Waals surface area contributed by atoms with E-state index in [4.69, 9.17) is 28.1 Å². The molecular weight excluding hydrogens is 348 g/mol. The van der Waals surface area contributed by atoms with Crippen molar-refractivity contribution in [1.29, 1.82) is 0 Å². The van der Waals surface area contributed by atoms with Crippen molar-refractivity contribution in [2.24, 2.45) is 0 Å². The highest BCUT2D eigenvalue weighted by Crippen LogP contribution is 2.55. The lowest BCUT2D eigenvalue weighted by Gasteiger charge is -2.39. The third-order valence-corrected chi connectivity index (χ3v) is 5.00. The predicted octanol–water partition coefficient (Wildman–Crippen LogP) is 4.29. The average molecular weight is 370 g/mol. The maximum atomic E-state index is 6.43. The van der Waals surface area contributed by atoms with E-state index in [1.54, 1.807) is 34.7 Å². The van der Waals surface area contributed by atoms with E-state index in [-0.39, 0.29) is 12.2 Å². The summed E-state index contributed by atoms with van der Waals surface area (Å²) in [6.07, 6.45) is 0.450. The first-order valence-electron chi connectivity index (χ1n) is 8.67. The molecule has 1 aliphatic rings. The predicted molar refractivity (Wildman–Crippen MR) is 99.7 cm³/mol. The van der Waals surface area contributed by atoms with Gasteiger partial charge in [0, 0.05) is 14.2 Å². The van der Waals surface area contributed by atoms with Crippen molar-refractivity contribution in [2.45, 2.75) is 18.3 Å². The minimum Gasteiger partial charge on any atom is -0.495 e. The SMILES string of the molecule is COc1c2c(c(OC)c3occc13)O[C@@H](c1ccccc1)[C@H](OC)[C@H]2OC. The Labute approximate surface area is 157 Å². The molecule has 0 bridgehead atoms. The molecule has 0 unspecified atom stereocenters. The highest BCUT2D eigenvalue weighted by molar-refractivity contribution is 5.94. The number of benzene rings is 2. The first kappa shape index (κ1) is 17.7. The van der Waals surface area contributed by atoms with Gasteiger partial charge < -0.3 is 28.1 Å². The monoisotopic (exact) mass is 370 g/mol. The largest absolute Gasteiger partial charge is 0.495 e. The summed E-state index contributed by atoms with van der Waals surface area (Å²) < 4.78 is 35.1. The molecule has 4 rings (SSSR count). The summed E-state index contributed by atoms with van der Waals surface area (Å²) in [5.74, 6) is 1.70. The van der Waals surface area contributed by atoms with Crippen LogP contribution in [0.5, 0.6) is 17.2 Å². The minimum atomic E-state index is -0.410. The first-order chi connectivity index (χ1) is 13.2. The van der Waals surface area contributed by atoms with Crippen LogP contribution in [0.4, 0.5) is 0 Å². The lowest BCUT2D eigenvalue weighted by atomic mass is 9.90. The number of hydrogen-bond acceptors (Lipinski definition) is 6. The molecule has 6 heteroatoms. The van der Waals surface area contributed by atoms with Gasteiger partial charge in [-0.15, -0.1) is 0 Å². The van der Waals surface area contributed by atoms with Crippen LogP contribution >= 0.6 is 0 Å². The maximum Gasteiger partial charge on any atom is 0.205 e. The standard InChI is InChI=1S/C21H22O6/c1-22-16-13-10-11-26-17(13)21(25-4)19-14(16)18(23-2)20(24-3)15(27-19)12-8-6-5-7-9-12/h5-11,15,18,20H,1-4H3/t15-,18-,20-/m0/s1. The van der Waals surface area contributed by atoms with Gasteiger partial charge in [0.1, 0.15) is 18.0 Å². The molecular formula is C21H22O6. The van der Waals surface area contributed by atoms with Crippen LogP contribution in [0.1, 0.15) is 23.3 Å². The summed E-state index contributed by atoms with van der Waals surface area (Å²) in [6, 6.07) is 11.8. The Kier molecular flexibility index (Phi) is 4.68. The van der Waals surface area contributed by atoms with Crippen molar-refractivity contribution in [1.82, 2.24) is 0 Å². The first-order valence-corrected chi connectivity index (χ1v) is 8.67.